The molecule has 0 saturated heterocycles. The van der Waals surface area contributed by atoms with Gasteiger partial charge in [-0.25, -0.2) is 4.79 Å². The lowest BCUT2D eigenvalue weighted by Crippen LogP contribution is -2.59. The molecule has 1 aliphatic rings. The van der Waals surface area contributed by atoms with Gasteiger partial charge in [0.1, 0.15) is 5.57 Å². The Morgan fingerprint density at radius 2 is 1.92 bits per heavy atom. The van der Waals surface area contributed by atoms with E-state index in [1.54, 1.807) is 0 Å². The van der Waals surface area contributed by atoms with Gasteiger partial charge in [0.25, 0.3) is 5.69 Å². The van der Waals surface area contributed by atoms with Gasteiger partial charge in [-0.1, -0.05) is 12.1 Å². The predicted molar refractivity (Wildman–Crippen MR) is 85.3 cm³/mol. The minimum atomic E-state index is -1.58. The summed E-state index contributed by atoms with van der Waals surface area (Å²) in [7, 11) is 2.64. The first-order valence-corrected chi connectivity index (χ1v) is 7.34. The lowest BCUT2D eigenvalue weighted by atomic mass is 9.71. The zero-order valence-corrected chi connectivity index (χ0v) is 14.0. The number of methoxy groups -OCH3 is 2. The Bertz CT molecular complexity index is 741. The van der Waals surface area contributed by atoms with Gasteiger partial charge in [0.2, 0.25) is 5.78 Å². The van der Waals surface area contributed by atoms with Gasteiger partial charge in [-0.15, -0.1) is 0 Å². The van der Waals surface area contributed by atoms with E-state index < -0.39 is 28.6 Å². The van der Waals surface area contributed by atoms with E-state index in [9.17, 15) is 19.7 Å². The maximum absolute atomic E-state index is 12.3. The van der Waals surface area contributed by atoms with Gasteiger partial charge < -0.3 is 19.9 Å². The molecule has 1 aliphatic carbocycles. The number of carbonyl (C=O) groups excluding carboxylic acids is 2. The number of Topliss-reactive ketones (excluding diaryl/α,β-unsaturated/α-hetero) is 1. The third kappa shape index (κ3) is 3.24. The Kier molecular flexibility index (Phi) is 5.19. The summed E-state index contributed by atoms with van der Waals surface area (Å²) in [5.74, 6) is -1.35. The molecule has 2 rings (SSSR count). The number of non-ortho nitro benzene ring substituents is 1. The molecule has 0 amide bonds. The van der Waals surface area contributed by atoms with Crippen molar-refractivity contribution in [2.45, 2.75) is 25.2 Å². The van der Waals surface area contributed by atoms with Crippen LogP contribution in [-0.4, -0.2) is 42.8 Å². The number of esters is 1. The molecule has 0 aromatic heterocycles. The van der Waals surface area contributed by atoms with Crippen LogP contribution in [0.15, 0.2) is 35.5 Å². The number of nitro groups is 1. The fraction of sp³-hybridized carbons (Fsp3) is 0.375. The van der Waals surface area contributed by atoms with Crippen molar-refractivity contribution in [2.24, 2.45) is 5.73 Å². The summed E-state index contributed by atoms with van der Waals surface area (Å²) in [6.07, 6.45) is -0.829. The number of ketones is 1. The molecular formula is C16H18N2O7. The number of rotatable bonds is 7. The number of hydrogen-bond acceptors (Lipinski definition) is 8. The van der Waals surface area contributed by atoms with E-state index in [2.05, 4.69) is 0 Å². The highest BCUT2D eigenvalue weighted by molar-refractivity contribution is 6.21. The van der Waals surface area contributed by atoms with Crippen molar-refractivity contribution in [2.75, 3.05) is 14.2 Å². The molecule has 134 valence electrons. The standard InChI is InChI=1S/C16H18N2O7/c1-9(23-2)25-15(20)12-13(17)14(19)16(12,24-3)8-10-4-6-11(7-5-10)18(21)22/h4-7,9H,8,17H2,1-3H3. The van der Waals surface area contributed by atoms with E-state index in [1.165, 1.54) is 45.4 Å². The van der Waals surface area contributed by atoms with Gasteiger partial charge >= 0.3 is 5.97 Å². The van der Waals surface area contributed by atoms with Crippen LogP contribution in [0.2, 0.25) is 0 Å². The van der Waals surface area contributed by atoms with Crippen LogP contribution in [0, 0.1) is 10.1 Å². The molecule has 2 atom stereocenters. The maximum atomic E-state index is 12.3. The van der Waals surface area contributed by atoms with Crippen LogP contribution in [0.3, 0.4) is 0 Å². The molecule has 1 aromatic rings. The van der Waals surface area contributed by atoms with E-state index >= 15 is 0 Å². The average Bonchev–Trinajstić information content (AvgIpc) is 2.60. The Morgan fingerprint density at radius 3 is 2.40 bits per heavy atom. The number of benzene rings is 1. The molecular weight excluding hydrogens is 332 g/mol. The summed E-state index contributed by atoms with van der Waals surface area (Å²) in [5, 5.41) is 10.7. The predicted octanol–water partition coefficient (Wildman–Crippen LogP) is 0.854. The molecule has 9 nitrogen and oxygen atoms in total. The highest BCUT2D eigenvalue weighted by Gasteiger charge is 2.57. The quantitative estimate of drug-likeness (QED) is 0.331. The average molecular weight is 350 g/mol. The molecule has 0 aliphatic heterocycles. The van der Waals surface area contributed by atoms with Crippen molar-refractivity contribution in [1.82, 2.24) is 0 Å². The van der Waals surface area contributed by atoms with Crippen molar-refractivity contribution in [1.29, 1.82) is 0 Å². The van der Waals surface area contributed by atoms with Crippen molar-refractivity contribution in [3.05, 3.63) is 51.2 Å². The molecule has 0 heterocycles. The highest BCUT2D eigenvalue weighted by atomic mass is 16.7. The van der Waals surface area contributed by atoms with Crippen LogP contribution < -0.4 is 5.73 Å². The third-order valence-electron chi connectivity index (χ3n) is 4.04. The van der Waals surface area contributed by atoms with Crippen molar-refractivity contribution in [3.8, 4) is 0 Å². The molecule has 0 radical (unpaired) electrons. The molecule has 0 bridgehead atoms. The van der Waals surface area contributed by atoms with E-state index in [0.717, 1.165) is 0 Å². The van der Waals surface area contributed by atoms with Crippen LogP contribution in [-0.2, 0) is 30.2 Å². The molecule has 0 saturated carbocycles. The molecule has 25 heavy (non-hydrogen) atoms. The van der Waals surface area contributed by atoms with Crippen LogP contribution in [0.1, 0.15) is 12.5 Å². The molecule has 2 unspecified atom stereocenters. The normalized spacial score (nSPS) is 20.8. The third-order valence-corrected chi connectivity index (χ3v) is 4.04. The largest absolute Gasteiger partial charge is 0.433 e. The molecule has 2 N–H and O–H groups in total. The van der Waals surface area contributed by atoms with Gasteiger partial charge in [0.05, 0.1) is 10.6 Å². The number of nitrogens with zero attached hydrogens (tertiary/aromatic N) is 1. The Hall–Kier alpha value is -2.78. The van der Waals surface area contributed by atoms with E-state index in [0.29, 0.717) is 5.56 Å². The van der Waals surface area contributed by atoms with Gasteiger partial charge in [0.15, 0.2) is 11.9 Å². The monoisotopic (exact) mass is 350 g/mol. The zero-order chi connectivity index (χ0) is 18.8. The SMILES string of the molecule is COC(C)OC(=O)C1=C(N)C(=O)C1(Cc1ccc([N+](=O)[O-])cc1)OC. The fourth-order valence-corrected chi connectivity index (χ4v) is 2.59. The Labute approximate surface area is 143 Å². The first-order chi connectivity index (χ1) is 11.8. The summed E-state index contributed by atoms with van der Waals surface area (Å²) >= 11 is 0. The first-order valence-electron chi connectivity index (χ1n) is 7.34. The van der Waals surface area contributed by atoms with Crippen molar-refractivity contribution in [3.63, 3.8) is 0 Å². The van der Waals surface area contributed by atoms with Crippen LogP contribution >= 0.6 is 0 Å². The Morgan fingerprint density at radius 1 is 1.32 bits per heavy atom. The van der Waals surface area contributed by atoms with Gasteiger partial charge in [-0.2, -0.15) is 0 Å². The lowest BCUT2D eigenvalue weighted by molar-refractivity contribution is -0.384. The van der Waals surface area contributed by atoms with Crippen LogP contribution in [0.4, 0.5) is 5.69 Å². The second kappa shape index (κ2) is 6.99. The summed E-state index contributed by atoms with van der Waals surface area (Å²) in [6, 6.07) is 5.59. The molecule has 0 spiro atoms. The first kappa shape index (κ1) is 18.6. The summed E-state index contributed by atoms with van der Waals surface area (Å²) in [4.78, 5) is 34.8. The van der Waals surface area contributed by atoms with Crippen molar-refractivity contribution < 1.29 is 28.7 Å². The van der Waals surface area contributed by atoms with Gasteiger partial charge in [-0.05, 0) is 12.5 Å². The fourth-order valence-electron chi connectivity index (χ4n) is 2.59. The lowest BCUT2D eigenvalue weighted by Gasteiger charge is -2.40. The second-order valence-corrected chi connectivity index (χ2v) is 5.46. The smallest absolute Gasteiger partial charge is 0.342 e. The minimum absolute atomic E-state index is 0.00712. The van der Waals surface area contributed by atoms with Crippen LogP contribution in [0.5, 0.6) is 0 Å². The topological polar surface area (TPSA) is 131 Å². The maximum Gasteiger partial charge on any atom is 0.342 e. The van der Waals surface area contributed by atoms with Crippen molar-refractivity contribution >= 4 is 17.4 Å². The van der Waals surface area contributed by atoms with Crippen LogP contribution in [0.25, 0.3) is 0 Å². The number of hydrogen-bond donors (Lipinski definition) is 1. The summed E-state index contributed by atoms with van der Waals surface area (Å²) < 4.78 is 15.2. The second-order valence-electron chi connectivity index (χ2n) is 5.46. The Balaban J connectivity index is 2.30. The van der Waals surface area contributed by atoms with E-state index in [4.69, 9.17) is 19.9 Å². The molecule has 1 aromatic carbocycles. The van der Waals surface area contributed by atoms with E-state index in [1.807, 2.05) is 0 Å². The summed E-state index contributed by atoms with van der Waals surface area (Å²) in [5.41, 5.74) is 4.27. The number of nitrogens with two attached hydrogens (primary N) is 1. The van der Waals surface area contributed by atoms with Gasteiger partial charge in [-0.3, -0.25) is 14.9 Å². The zero-order valence-electron chi connectivity index (χ0n) is 14.0. The van der Waals surface area contributed by atoms with E-state index in [-0.39, 0.29) is 23.4 Å². The number of carbonyl (C=O) groups is 2. The highest BCUT2D eigenvalue weighted by Crippen LogP contribution is 2.39. The number of nitro benzene ring substituents is 1. The van der Waals surface area contributed by atoms with Gasteiger partial charge in [0, 0.05) is 32.8 Å². The summed E-state index contributed by atoms with van der Waals surface area (Å²) in [6.45, 7) is 1.51. The molecule has 9 heteroatoms. The number of ether oxygens (including phenoxy) is 3. The minimum Gasteiger partial charge on any atom is -0.433 e. The molecule has 0 fully saturated rings.